The zero-order valence-corrected chi connectivity index (χ0v) is 20.0. The number of aryl methyl sites for hydroxylation is 3. The molecule has 0 amide bonds. The monoisotopic (exact) mass is 475 g/mol. The van der Waals surface area contributed by atoms with Crippen molar-refractivity contribution in [2.75, 3.05) is 19.6 Å². The number of carbonyl (C=O) groups is 1. The van der Waals surface area contributed by atoms with Gasteiger partial charge in [-0.25, -0.2) is 8.42 Å². The normalized spacial score (nSPS) is 18.7. The SMILES string of the molecule is Cc1cc(C)c(C[C@@H](C(=O)O)N2CCN(S(=O)(=O)c3ccccc3[N+](=O)[O-])[C@@H](C)C2)c(C)c1. The van der Waals surface area contributed by atoms with E-state index in [1.807, 2.05) is 32.9 Å². The van der Waals surface area contributed by atoms with Crippen LogP contribution in [-0.2, 0) is 21.2 Å². The number of hydrogen-bond donors (Lipinski definition) is 1. The van der Waals surface area contributed by atoms with Crippen LogP contribution in [0.5, 0.6) is 0 Å². The first-order valence-electron chi connectivity index (χ1n) is 10.7. The molecule has 2 aromatic rings. The van der Waals surface area contributed by atoms with Crippen molar-refractivity contribution in [2.24, 2.45) is 0 Å². The highest BCUT2D eigenvalue weighted by molar-refractivity contribution is 7.89. The Hall–Kier alpha value is -2.82. The van der Waals surface area contributed by atoms with Crippen LogP contribution in [0.2, 0.25) is 0 Å². The molecule has 0 radical (unpaired) electrons. The van der Waals surface area contributed by atoms with Gasteiger partial charge in [0.2, 0.25) is 10.0 Å². The second-order valence-electron chi connectivity index (χ2n) is 8.62. The highest BCUT2D eigenvalue weighted by Crippen LogP contribution is 2.29. The van der Waals surface area contributed by atoms with E-state index >= 15 is 0 Å². The van der Waals surface area contributed by atoms with Crippen LogP contribution < -0.4 is 0 Å². The minimum absolute atomic E-state index is 0.0468. The summed E-state index contributed by atoms with van der Waals surface area (Å²) >= 11 is 0. The summed E-state index contributed by atoms with van der Waals surface area (Å²) in [6.45, 7) is 8.09. The van der Waals surface area contributed by atoms with Gasteiger partial charge in [0.05, 0.1) is 4.92 Å². The molecule has 1 aliphatic rings. The fraction of sp³-hybridized carbons (Fsp3) is 0.435. The number of para-hydroxylation sites is 1. The molecule has 0 aliphatic carbocycles. The molecule has 9 nitrogen and oxygen atoms in total. The lowest BCUT2D eigenvalue weighted by Crippen LogP contribution is -2.58. The van der Waals surface area contributed by atoms with Crippen molar-refractivity contribution in [1.82, 2.24) is 9.21 Å². The highest BCUT2D eigenvalue weighted by Gasteiger charge is 2.40. The van der Waals surface area contributed by atoms with E-state index in [9.17, 15) is 28.4 Å². The summed E-state index contributed by atoms with van der Waals surface area (Å²) in [5.41, 5.74) is 3.69. The zero-order chi connectivity index (χ0) is 24.5. The van der Waals surface area contributed by atoms with Gasteiger partial charge < -0.3 is 5.11 Å². The summed E-state index contributed by atoms with van der Waals surface area (Å²) in [5, 5.41) is 21.3. The Bertz CT molecular complexity index is 1160. The lowest BCUT2D eigenvalue weighted by molar-refractivity contribution is -0.387. The summed E-state index contributed by atoms with van der Waals surface area (Å²) in [4.78, 5) is 24.2. The van der Waals surface area contributed by atoms with Crippen molar-refractivity contribution in [3.8, 4) is 0 Å². The molecule has 2 aromatic carbocycles. The van der Waals surface area contributed by atoms with Gasteiger partial charge in [0.15, 0.2) is 4.90 Å². The smallest absolute Gasteiger partial charge is 0.321 e. The van der Waals surface area contributed by atoms with Gasteiger partial charge in [0, 0.05) is 31.7 Å². The molecule has 3 rings (SSSR count). The van der Waals surface area contributed by atoms with Gasteiger partial charge in [-0.05, 0) is 56.9 Å². The number of aliphatic carboxylic acids is 1. The summed E-state index contributed by atoms with van der Waals surface area (Å²) in [7, 11) is -4.12. The minimum Gasteiger partial charge on any atom is -0.480 e. The number of nitro groups is 1. The molecule has 33 heavy (non-hydrogen) atoms. The number of carboxylic acid groups (broad SMARTS) is 1. The van der Waals surface area contributed by atoms with E-state index in [1.165, 1.54) is 28.6 Å². The van der Waals surface area contributed by atoms with Gasteiger partial charge in [-0.15, -0.1) is 0 Å². The molecule has 1 heterocycles. The fourth-order valence-corrected chi connectivity index (χ4v) is 6.43. The second kappa shape index (κ2) is 9.58. The van der Waals surface area contributed by atoms with Gasteiger partial charge in [-0.2, -0.15) is 4.31 Å². The van der Waals surface area contributed by atoms with E-state index in [0.29, 0.717) is 6.42 Å². The van der Waals surface area contributed by atoms with Crippen LogP contribution in [-0.4, -0.2) is 65.3 Å². The maximum atomic E-state index is 13.2. The molecule has 2 atom stereocenters. The number of sulfonamides is 1. The standard InChI is InChI=1S/C23H29N3O6S/c1-15-11-16(2)19(17(3)12-15)13-21(23(27)28)24-9-10-25(18(4)14-24)33(31,32)22-8-6-5-7-20(22)26(29)30/h5-8,11-12,18,21H,9-10,13-14H2,1-4H3,(H,27,28)/t18-,21-/m0/s1. The van der Waals surface area contributed by atoms with Crippen LogP contribution in [0.1, 0.15) is 29.2 Å². The molecular weight excluding hydrogens is 446 g/mol. The second-order valence-corrected chi connectivity index (χ2v) is 10.5. The number of benzene rings is 2. The summed E-state index contributed by atoms with van der Waals surface area (Å²) < 4.78 is 27.7. The molecule has 0 bridgehead atoms. The summed E-state index contributed by atoms with van der Waals surface area (Å²) in [5.74, 6) is -0.962. The molecule has 10 heteroatoms. The van der Waals surface area contributed by atoms with Crippen molar-refractivity contribution in [3.63, 3.8) is 0 Å². The average molecular weight is 476 g/mol. The molecule has 1 fully saturated rings. The van der Waals surface area contributed by atoms with E-state index in [4.69, 9.17) is 0 Å². The maximum absolute atomic E-state index is 13.2. The first kappa shape index (κ1) is 24.8. The molecule has 1 saturated heterocycles. The topological polar surface area (TPSA) is 121 Å². The lowest BCUT2D eigenvalue weighted by atomic mass is 9.93. The first-order valence-corrected chi connectivity index (χ1v) is 12.2. The molecule has 178 valence electrons. The predicted molar refractivity (Wildman–Crippen MR) is 124 cm³/mol. The van der Waals surface area contributed by atoms with Crippen LogP contribution in [0.25, 0.3) is 0 Å². The quantitative estimate of drug-likeness (QED) is 0.483. The predicted octanol–water partition coefficient (Wildman–Crippen LogP) is 2.91. The lowest BCUT2D eigenvalue weighted by Gasteiger charge is -2.41. The molecule has 1 N–H and O–H groups in total. The summed E-state index contributed by atoms with van der Waals surface area (Å²) in [6, 6.07) is 7.98. The number of hydrogen-bond acceptors (Lipinski definition) is 6. The molecule has 0 spiro atoms. The number of nitrogens with zero attached hydrogens (tertiary/aromatic N) is 3. The Morgan fingerprint density at radius 1 is 1.18 bits per heavy atom. The molecule has 0 unspecified atom stereocenters. The zero-order valence-electron chi connectivity index (χ0n) is 19.2. The average Bonchev–Trinajstić information content (AvgIpc) is 2.72. The Morgan fingerprint density at radius 2 is 1.79 bits per heavy atom. The van der Waals surface area contributed by atoms with Crippen LogP contribution in [0.3, 0.4) is 0 Å². The third kappa shape index (κ3) is 5.07. The van der Waals surface area contributed by atoms with Crippen LogP contribution in [0.4, 0.5) is 5.69 Å². The van der Waals surface area contributed by atoms with Crippen LogP contribution in [0.15, 0.2) is 41.3 Å². The van der Waals surface area contributed by atoms with E-state index < -0.39 is 38.7 Å². The number of rotatable bonds is 7. The molecular formula is C23H29N3O6S. The van der Waals surface area contributed by atoms with Crippen molar-refractivity contribution >= 4 is 21.7 Å². The van der Waals surface area contributed by atoms with E-state index in [0.717, 1.165) is 22.3 Å². The first-order chi connectivity index (χ1) is 15.4. The Morgan fingerprint density at radius 3 is 2.33 bits per heavy atom. The molecule has 1 aliphatic heterocycles. The Labute approximate surface area is 193 Å². The largest absolute Gasteiger partial charge is 0.480 e. The van der Waals surface area contributed by atoms with Gasteiger partial charge in [0.1, 0.15) is 6.04 Å². The fourth-order valence-electron chi connectivity index (χ4n) is 4.66. The molecule has 0 aromatic heterocycles. The van der Waals surface area contributed by atoms with Gasteiger partial charge in [-0.1, -0.05) is 29.8 Å². The van der Waals surface area contributed by atoms with E-state index in [1.54, 1.807) is 11.8 Å². The third-order valence-corrected chi connectivity index (χ3v) is 8.27. The van der Waals surface area contributed by atoms with Crippen LogP contribution >= 0.6 is 0 Å². The van der Waals surface area contributed by atoms with E-state index in [-0.39, 0.29) is 24.5 Å². The van der Waals surface area contributed by atoms with Gasteiger partial charge >= 0.3 is 5.97 Å². The van der Waals surface area contributed by atoms with Crippen molar-refractivity contribution in [2.45, 2.75) is 51.1 Å². The Kier molecular flexibility index (Phi) is 7.20. The van der Waals surface area contributed by atoms with Crippen molar-refractivity contribution in [1.29, 1.82) is 0 Å². The maximum Gasteiger partial charge on any atom is 0.321 e. The van der Waals surface area contributed by atoms with Gasteiger partial charge in [-0.3, -0.25) is 19.8 Å². The number of carboxylic acids is 1. The van der Waals surface area contributed by atoms with Crippen LogP contribution in [0, 0.1) is 30.9 Å². The molecule has 0 saturated carbocycles. The highest BCUT2D eigenvalue weighted by atomic mass is 32.2. The number of piperazine rings is 1. The summed E-state index contributed by atoms with van der Waals surface area (Å²) in [6.07, 6.45) is 0.316. The van der Waals surface area contributed by atoms with E-state index in [2.05, 4.69) is 0 Å². The third-order valence-electron chi connectivity index (χ3n) is 6.21. The van der Waals surface area contributed by atoms with Gasteiger partial charge in [0.25, 0.3) is 5.69 Å². The number of nitro benzene ring substituents is 1. The van der Waals surface area contributed by atoms with Crippen molar-refractivity contribution in [3.05, 3.63) is 68.8 Å². The minimum atomic E-state index is -4.12. The Balaban J connectivity index is 1.84. The van der Waals surface area contributed by atoms with Crippen molar-refractivity contribution < 1.29 is 23.2 Å².